The molecule has 1 aromatic heterocycles. The summed E-state index contributed by atoms with van der Waals surface area (Å²) in [6, 6.07) is 4.32. The number of nitrogens with one attached hydrogen (secondary N) is 1. The fourth-order valence-corrected chi connectivity index (χ4v) is 2.26. The van der Waals surface area contributed by atoms with Crippen molar-refractivity contribution in [2.75, 3.05) is 32.1 Å². The molecule has 0 saturated carbocycles. The van der Waals surface area contributed by atoms with Crippen LogP contribution in [0.5, 0.6) is 0 Å². The third-order valence-electron chi connectivity index (χ3n) is 2.88. The highest BCUT2D eigenvalue weighted by Gasteiger charge is 2.02. The summed E-state index contributed by atoms with van der Waals surface area (Å²) in [6.45, 7) is 8.45. The minimum absolute atomic E-state index is 0.692. The van der Waals surface area contributed by atoms with E-state index in [1.54, 1.807) is 0 Å². The van der Waals surface area contributed by atoms with Gasteiger partial charge in [-0.1, -0.05) is 19.9 Å². The molecule has 1 N–H and O–H groups in total. The fraction of sp³-hybridized carbons (Fsp3) is 0.667. The van der Waals surface area contributed by atoms with Gasteiger partial charge in [0, 0.05) is 31.6 Å². The summed E-state index contributed by atoms with van der Waals surface area (Å²) < 4.78 is 0. The second kappa shape index (κ2) is 9.34. The minimum Gasteiger partial charge on any atom is -0.312 e. The molecule has 0 aliphatic rings. The van der Waals surface area contributed by atoms with E-state index >= 15 is 0 Å². The van der Waals surface area contributed by atoms with Crippen molar-refractivity contribution >= 4 is 11.8 Å². The topological polar surface area (TPSA) is 28.2 Å². The van der Waals surface area contributed by atoms with Crippen LogP contribution in [0, 0.1) is 5.92 Å². The summed E-state index contributed by atoms with van der Waals surface area (Å²) in [7, 11) is 2.15. The molecule has 0 fully saturated rings. The molecule has 1 rings (SSSR count). The van der Waals surface area contributed by atoms with E-state index in [0.29, 0.717) is 5.92 Å². The molecule has 0 aliphatic carbocycles. The van der Waals surface area contributed by atoms with Crippen molar-refractivity contribution in [2.24, 2.45) is 5.92 Å². The van der Waals surface area contributed by atoms with E-state index in [1.165, 1.54) is 11.3 Å². The highest BCUT2D eigenvalue weighted by atomic mass is 32.2. The second-order valence-corrected chi connectivity index (χ2v) is 6.40. The predicted molar refractivity (Wildman–Crippen MR) is 85.5 cm³/mol. The molecule has 1 aromatic rings. The van der Waals surface area contributed by atoms with Crippen molar-refractivity contribution < 1.29 is 0 Å². The predicted octanol–water partition coefficient (Wildman–Crippen LogP) is 2.62. The van der Waals surface area contributed by atoms with Crippen LogP contribution in [0.3, 0.4) is 0 Å². The lowest BCUT2D eigenvalue weighted by Gasteiger charge is -2.15. The Labute approximate surface area is 122 Å². The molecule has 108 valence electrons. The first-order valence-electron chi connectivity index (χ1n) is 6.93. The highest BCUT2D eigenvalue weighted by Crippen LogP contribution is 2.04. The SMILES string of the molecule is CSCCN(C)Cc1ccc(CNCC(C)C)cn1. The Hall–Kier alpha value is -0.580. The van der Waals surface area contributed by atoms with Gasteiger partial charge in [-0.15, -0.1) is 0 Å². The molecule has 0 aliphatic heterocycles. The van der Waals surface area contributed by atoms with E-state index in [1.807, 2.05) is 18.0 Å². The van der Waals surface area contributed by atoms with E-state index in [0.717, 1.165) is 31.9 Å². The standard InChI is InChI=1S/C15H27N3S/c1-13(2)9-16-10-14-5-6-15(17-11-14)12-18(3)7-8-19-4/h5-6,11,13,16H,7-10,12H2,1-4H3. The molecule has 0 unspecified atom stereocenters. The van der Waals surface area contributed by atoms with Crippen molar-refractivity contribution in [3.63, 3.8) is 0 Å². The van der Waals surface area contributed by atoms with Crippen molar-refractivity contribution in [2.45, 2.75) is 26.9 Å². The van der Waals surface area contributed by atoms with E-state index in [2.05, 4.69) is 54.5 Å². The van der Waals surface area contributed by atoms with Crippen LogP contribution in [0.25, 0.3) is 0 Å². The van der Waals surface area contributed by atoms with Crippen molar-refractivity contribution in [3.05, 3.63) is 29.6 Å². The van der Waals surface area contributed by atoms with Crippen LogP contribution in [0.1, 0.15) is 25.1 Å². The van der Waals surface area contributed by atoms with Gasteiger partial charge in [0.25, 0.3) is 0 Å². The van der Waals surface area contributed by atoms with Crippen LogP contribution >= 0.6 is 11.8 Å². The molecule has 0 bridgehead atoms. The van der Waals surface area contributed by atoms with Crippen LogP contribution in [-0.4, -0.2) is 42.0 Å². The summed E-state index contributed by atoms with van der Waals surface area (Å²) in [5.74, 6) is 1.87. The molecule has 0 amide bonds. The van der Waals surface area contributed by atoms with E-state index in [4.69, 9.17) is 0 Å². The average molecular weight is 281 g/mol. The number of pyridine rings is 1. The molecule has 19 heavy (non-hydrogen) atoms. The van der Waals surface area contributed by atoms with E-state index in [9.17, 15) is 0 Å². The van der Waals surface area contributed by atoms with Crippen LogP contribution in [0.15, 0.2) is 18.3 Å². The first-order valence-corrected chi connectivity index (χ1v) is 8.33. The summed E-state index contributed by atoms with van der Waals surface area (Å²) >= 11 is 1.88. The van der Waals surface area contributed by atoms with Gasteiger partial charge in [0.1, 0.15) is 0 Å². The number of thioether (sulfide) groups is 1. The Balaban J connectivity index is 2.34. The first kappa shape index (κ1) is 16.5. The van der Waals surface area contributed by atoms with Gasteiger partial charge in [0.2, 0.25) is 0 Å². The molecule has 3 nitrogen and oxygen atoms in total. The van der Waals surface area contributed by atoms with Gasteiger partial charge >= 0.3 is 0 Å². The zero-order valence-corrected chi connectivity index (χ0v) is 13.5. The van der Waals surface area contributed by atoms with Crippen LogP contribution in [0.4, 0.5) is 0 Å². The number of hydrogen-bond acceptors (Lipinski definition) is 4. The van der Waals surface area contributed by atoms with Gasteiger partial charge in [0.15, 0.2) is 0 Å². The number of rotatable bonds is 9. The molecule has 0 atom stereocenters. The Morgan fingerprint density at radius 3 is 2.74 bits per heavy atom. The molecule has 1 heterocycles. The molecule has 0 saturated heterocycles. The van der Waals surface area contributed by atoms with E-state index in [-0.39, 0.29) is 0 Å². The van der Waals surface area contributed by atoms with Gasteiger partial charge in [-0.25, -0.2) is 0 Å². The van der Waals surface area contributed by atoms with Gasteiger partial charge < -0.3 is 5.32 Å². The quantitative estimate of drug-likeness (QED) is 0.753. The molecule has 0 aromatic carbocycles. The summed E-state index contributed by atoms with van der Waals surface area (Å²) in [5, 5.41) is 3.44. The lowest BCUT2D eigenvalue weighted by atomic mass is 10.2. The number of nitrogens with zero attached hydrogens (tertiary/aromatic N) is 2. The Bertz CT molecular complexity index is 338. The second-order valence-electron chi connectivity index (χ2n) is 5.41. The molecule has 0 spiro atoms. The third kappa shape index (κ3) is 7.55. The molecule has 0 radical (unpaired) electrons. The maximum Gasteiger partial charge on any atom is 0.0544 e. The lowest BCUT2D eigenvalue weighted by Crippen LogP contribution is -2.21. The van der Waals surface area contributed by atoms with Crippen LogP contribution in [-0.2, 0) is 13.1 Å². The Morgan fingerprint density at radius 2 is 2.16 bits per heavy atom. The summed E-state index contributed by atoms with van der Waals surface area (Å²) in [5.41, 5.74) is 2.41. The summed E-state index contributed by atoms with van der Waals surface area (Å²) in [4.78, 5) is 6.85. The lowest BCUT2D eigenvalue weighted by molar-refractivity contribution is 0.344. The number of hydrogen-bond donors (Lipinski definition) is 1. The first-order chi connectivity index (χ1) is 9.11. The zero-order chi connectivity index (χ0) is 14.1. The molecular weight excluding hydrogens is 254 g/mol. The van der Waals surface area contributed by atoms with Gasteiger partial charge in [-0.05, 0) is 37.4 Å². The van der Waals surface area contributed by atoms with Gasteiger partial charge in [-0.2, -0.15) is 11.8 Å². The van der Waals surface area contributed by atoms with Crippen molar-refractivity contribution in [1.82, 2.24) is 15.2 Å². The summed E-state index contributed by atoms with van der Waals surface area (Å²) in [6.07, 6.45) is 4.14. The fourth-order valence-electron chi connectivity index (χ4n) is 1.76. The van der Waals surface area contributed by atoms with Crippen molar-refractivity contribution in [1.29, 1.82) is 0 Å². The van der Waals surface area contributed by atoms with Gasteiger partial charge in [-0.3, -0.25) is 9.88 Å². The maximum atomic E-state index is 4.54. The minimum atomic E-state index is 0.692. The Kier molecular flexibility index (Phi) is 8.10. The largest absolute Gasteiger partial charge is 0.312 e. The average Bonchev–Trinajstić information content (AvgIpc) is 2.38. The van der Waals surface area contributed by atoms with Gasteiger partial charge in [0.05, 0.1) is 5.69 Å². The van der Waals surface area contributed by atoms with Crippen molar-refractivity contribution in [3.8, 4) is 0 Å². The highest BCUT2D eigenvalue weighted by molar-refractivity contribution is 7.98. The zero-order valence-electron chi connectivity index (χ0n) is 12.6. The van der Waals surface area contributed by atoms with Crippen LogP contribution in [0.2, 0.25) is 0 Å². The number of aromatic nitrogens is 1. The normalized spacial score (nSPS) is 11.5. The third-order valence-corrected chi connectivity index (χ3v) is 3.47. The maximum absolute atomic E-state index is 4.54. The van der Waals surface area contributed by atoms with E-state index < -0.39 is 0 Å². The monoisotopic (exact) mass is 281 g/mol. The molecule has 4 heteroatoms. The smallest absolute Gasteiger partial charge is 0.0544 e. The van der Waals surface area contributed by atoms with Crippen LogP contribution < -0.4 is 5.32 Å². The Morgan fingerprint density at radius 1 is 1.37 bits per heavy atom. The molecular formula is C15H27N3S.